The van der Waals surface area contributed by atoms with Crippen LogP contribution in [0.15, 0.2) is 0 Å². The third-order valence-electron chi connectivity index (χ3n) is 3.85. The molecule has 0 radical (unpaired) electrons. The van der Waals surface area contributed by atoms with E-state index in [1.807, 2.05) is 18.7 Å². The molecule has 2 atom stereocenters. The number of ether oxygens (including phenoxy) is 1. The maximum Gasteiger partial charge on any atom is 0.240 e. The number of nitrogens with one attached hydrogen (secondary N) is 1. The van der Waals surface area contributed by atoms with Gasteiger partial charge in [0.2, 0.25) is 5.91 Å². The highest BCUT2D eigenvalue weighted by Crippen LogP contribution is 2.20. The van der Waals surface area contributed by atoms with Crippen LogP contribution in [0, 0.1) is 0 Å². The van der Waals surface area contributed by atoms with E-state index in [1.165, 1.54) is 32.1 Å². The number of rotatable bonds is 4. The topological polar surface area (TPSA) is 41.6 Å². The lowest BCUT2D eigenvalue weighted by Crippen LogP contribution is -2.37. The third-order valence-corrected chi connectivity index (χ3v) is 3.85. The molecule has 4 nitrogen and oxygen atoms in total. The molecule has 17 heavy (non-hydrogen) atoms. The first-order valence-electron chi connectivity index (χ1n) is 6.86. The number of nitrogens with zero attached hydrogens (tertiary/aromatic N) is 1. The van der Waals surface area contributed by atoms with Crippen molar-refractivity contribution in [2.24, 2.45) is 0 Å². The van der Waals surface area contributed by atoms with Gasteiger partial charge in [-0.3, -0.25) is 10.1 Å². The summed E-state index contributed by atoms with van der Waals surface area (Å²) in [6, 6.07) is -0.0420. The molecule has 1 amide bonds. The van der Waals surface area contributed by atoms with Crippen LogP contribution < -0.4 is 5.32 Å². The summed E-state index contributed by atoms with van der Waals surface area (Å²) in [5, 5.41) is 3.23. The van der Waals surface area contributed by atoms with Gasteiger partial charge in [0.15, 0.2) is 0 Å². The number of amides is 1. The molecule has 2 fully saturated rings. The van der Waals surface area contributed by atoms with Gasteiger partial charge in [-0.1, -0.05) is 19.3 Å². The average Bonchev–Trinajstić information content (AvgIpc) is 2.57. The smallest absolute Gasteiger partial charge is 0.240 e. The van der Waals surface area contributed by atoms with E-state index in [0.29, 0.717) is 19.3 Å². The van der Waals surface area contributed by atoms with Crippen LogP contribution in [-0.4, -0.2) is 42.3 Å². The van der Waals surface area contributed by atoms with Gasteiger partial charge in [-0.05, 0) is 26.7 Å². The van der Waals surface area contributed by atoms with Crippen molar-refractivity contribution in [3.05, 3.63) is 0 Å². The quantitative estimate of drug-likeness (QED) is 0.809. The van der Waals surface area contributed by atoms with Crippen molar-refractivity contribution in [1.82, 2.24) is 10.2 Å². The number of hydrogen-bond donors (Lipinski definition) is 1. The van der Waals surface area contributed by atoms with Crippen molar-refractivity contribution in [2.45, 2.75) is 64.3 Å². The number of carbonyl (C=O) groups is 1. The minimum atomic E-state index is -0.0420. The van der Waals surface area contributed by atoms with E-state index in [4.69, 9.17) is 4.74 Å². The van der Waals surface area contributed by atoms with Crippen molar-refractivity contribution in [2.75, 3.05) is 13.2 Å². The van der Waals surface area contributed by atoms with Gasteiger partial charge in [0.25, 0.3) is 0 Å². The summed E-state index contributed by atoms with van der Waals surface area (Å²) in [4.78, 5) is 13.7. The summed E-state index contributed by atoms with van der Waals surface area (Å²) in [6.45, 7) is 5.34. The summed E-state index contributed by atoms with van der Waals surface area (Å²) < 4.78 is 5.86. The van der Waals surface area contributed by atoms with E-state index in [-0.39, 0.29) is 18.1 Å². The first-order valence-corrected chi connectivity index (χ1v) is 6.86. The molecule has 1 aliphatic carbocycles. The molecule has 2 unspecified atom stereocenters. The Morgan fingerprint density at radius 1 is 1.29 bits per heavy atom. The standard InChI is InChI=1S/C13H24N2O2/c1-10-13(16)15(11(2)14-10)8-9-17-12-6-4-3-5-7-12/h10-12,14H,3-9H2,1-2H3. The van der Waals surface area contributed by atoms with Crippen LogP contribution in [0.25, 0.3) is 0 Å². The Balaban J connectivity index is 1.69. The van der Waals surface area contributed by atoms with Gasteiger partial charge in [-0.15, -0.1) is 0 Å². The fourth-order valence-corrected chi connectivity index (χ4v) is 2.82. The Bertz CT molecular complexity index is 264. The first kappa shape index (κ1) is 12.8. The Kier molecular flexibility index (Phi) is 4.40. The van der Waals surface area contributed by atoms with Crippen molar-refractivity contribution in [3.63, 3.8) is 0 Å². The lowest BCUT2D eigenvalue weighted by Gasteiger charge is -2.25. The van der Waals surface area contributed by atoms with Crippen molar-refractivity contribution < 1.29 is 9.53 Å². The van der Waals surface area contributed by atoms with E-state index in [1.54, 1.807) is 0 Å². The van der Waals surface area contributed by atoms with Gasteiger partial charge in [0, 0.05) is 6.54 Å². The van der Waals surface area contributed by atoms with Gasteiger partial charge in [-0.25, -0.2) is 0 Å². The van der Waals surface area contributed by atoms with Crippen LogP contribution >= 0.6 is 0 Å². The molecule has 0 aromatic rings. The summed E-state index contributed by atoms with van der Waals surface area (Å²) in [7, 11) is 0. The zero-order valence-electron chi connectivity index (χ0n) is 10.9. The highest BCUT2D eigenvalue weighted by molar-refractivity contribution is 5.83. The first-order chi connectivity index (χ1) is 8.18. The number of hydrogen-bond acceptors (Lipinski definition) is 3. The molecule has 1 saturated heterocycles. The molecule has 1 N–H and O–H groups in total. The van der Waals surface area contributed by atoms with Gasteiger partial charge in [0.1, 0.15) is 0 Å². The Morgan fingerprint density at radius 2 is 2.00 bits per heavy atom. The highest BCUT2D eigenvalue weighted by atomic mass is 16.5. The van der Waals surface area contributed by atoms with E-state index in [2.05, 4.69) is 5.32 Å². The molecule has 1 saturated carbocycles. The second-order valence-corrected chi connectivity index (χ2v) is 5.23. The lowest BCUT2D eigenvalue weighted by molar-refractivity contribution is -0.130. The summed E-state index contributed by atoms with van der Waals surface area (Å²) >= 11 is 0. The van der Waals surface area contributed by atoms with E-state index in [9.17, 15) is 4.79 Å². The van der Waals surface area contributed by atoms with Gasteiger partial charge in [-0.2, -0.15) is 0 Å². The molecule has 4 heteroatoms. The van der Waals surface area contributed by atoms with Gasteiger partial charge in [0.05, 0.1) is 24.9 Å². The lowest BCUT2D eigenvalue weighted by atomic mass is 9.98. The minimum Gasteiger partial charge on any atom is -0.376 e. The molecule has 0 aromatic carbocycles. The molecule has 2 rings (SSSR count). The predicted molar refractivity (Wildman–Crippen MR) is 66.6 cm³/mol. The maximum absolute atomic E-state index is 11.8. The SMILES string of the molecule is CC1NC(C)N(CCOC2CCCCC2)C1=O. The van der Waals surface area contributed by atoms with Crippen LogP contribution in [0.3, 0.4) is 0 Å². The number of carbonyl (C=O) groups excluding carboxylic acids is 1. The Morgan fingerprint density at radius 3 is 2.59 bits per heavy atom. The average molecular weight is 240 g/mol. The van der Waals surface area contributed by atoms with Crippen molar-refractivity contribution in [3.8, 4) is 0 Å². The largest absolute Gasteiger partial charge is 0.376 e. The summed E-state index contributed by atoms with van der Waals surface area (Å²) in [5.74, 6) is 0.199. The molecule has 2 aliphatic rings. The van der Waals surface area contributed by atoms with Crippen LogP contribution in [0.1, 0.15) is 46.0 Å². The predicted octanol–water partition coefficient (Wildman–Crippen LogP) is 1.50. The van der Waals surface area contributed by atoms with Crippen molar-refractivity contribution in [1.29, 1.82) is 0 Å². The van der Waals surface area contributed by atoms with Crippen LogP contribution in [0.5, 0.6) is 0 Å². The van der Waals surface area contributed by atoms with E-state index in [0.717, 1.165) is 0 Å². The zero-order chi connectivity index (χ0) is 12.3. The zero-order valence-corrected chi connectivity index (χ0v) is 10.9. The Labute approximate surface area is 104 Å². The third kappa shape index (κ3) is 3.19. The normalized spacial score (nSPS) is 31.2. The molecule has 1 aliphatic heterocycles. The molecule has 98 valence electrons. The molecular formula is C13H24N2O2. The van der Waals surface area contributed by atoms with E-state index >= 15 is 0 Å². The summed E-state index contributed by atoms with van der Waals surface area (Å²) in [6.07, 6.45) is 6.90. The summed E-state index contributed by atoms with van der Waals surface area (Å²) in [5.41, 5.74) is 0. The van der Waals surface area contributed by atoms with Gasteiger partial charge >= 0.3 is 0 Å². The van der Waals surface area contributed by atoms with Crippen LogP contribution in [0.4, 0.5) is 0 Å². The second kappa shape index (κ2) is 5.83. The molecule has 0 bridgehead atoms. The van der Waals surface area contributed by atoms with E-state index < -0.39 is 0 Å². The van der Waals surface area contributed by atoms with Gasteiger partial charge < -0.3 is 9.64 Å². The molecule has 0 aromatic heterocycles. The monoisotopic (exact) mass is 240 g/mol. The minimum absolute atomic E-state index is 0.0420. The Hall–Kier alpha value is -0.610. The highest BCUT2D eigenvalue weighted by Gasteiger charge is 2.32. The molecular weight excluding hydrogens is 216 g/mol. The fourth-order valence-electron chi connectivity index (χ4n) is 2.82. The second-order valence-electron chi connectivity index (χ2n) is 5.23. The van der Waals surface area contributed by atoms with Crippen LogP contribution in [-0.2, 0) is 9.53 Å². The molecule has 1 heterocycles. The van der Waals surface area contributed by atoms with Crippen LogP contribution in [0.2, 0.25) is 0 Å². The maximum atomic E-state index is 11.8. The fraction of sp³-hybridized carbons (Fsp3) is 0.923. The van der Waals surface area contributed by atoms with Crippen molar-refractivity contribution >= 4 is 5.91 Å². The molecule has 0 spiro atoms.